The molecule has 0 atom stereocenters. The number of H-pyrrole nitrogens is 1. The SMILES string of the molecule is O=C([O-])C(=O)Nc1ncn[nH]1. The van der Waals surface area contributed by atoms with Crippen molar-refractivity contribution in [1.82, 2.24) is 15.2 Å². The van der Waals surface area contributed by atoms with Gasteiger partial charge in [0.15, 0.2) is 0 Å². The highest BCUT2D eigenvalue weighted by atomic mass is 16.4. The maximum absolute atomic E-state index is 10.3. The summed E-state index contributed by atoms with van der Waals surface area (Å²) in [5.41, 5.74) is 0. The minimum Gasteiger partial charge on any atom is -0.540 e. The van der Waals surface area contributed by atoms with Crippen LogP contribution in [0.5, 0.6) is 0 Å². The van der Waals surface area contributed by atoms with Crippen molar-refractivity contribution in [2.24, 2.45) is 0 Å². The summed E-state index contributed by atoms with van der Waals surface area (Å²) in [5, 5.41) is 17.3. The van der Waals surface area contributed by atoms with Gasteiger partial charge in [0.1, 0.15) is 12.3 Å². The Kier molecular flexibility index (Phi) is 1.81. The van der Waals surface area contributed by atoms with Gasteiger partial charge >= 0.3 is 0 Å². The summed E-state index contributed by atoms with van der Waals surface area (Å²) in [6.45, 7) is 0. The Balaban J connectivity index is 2.57. The number of carboxylic acid groups (broad SMARTS) is 1. The first-order chi connectivity index (χ1) is 5.20. The standard InChI is InChI=1S/C4H4N4O3/c9-2(3(10)11)7-4-5-1-6-8-4/h1H,(H,10,11)(H2,5,6,7,8,9)/p-1. The molecule has 2 N–H and O–H groups in total. The van der Waals surface area contributed by atoms with E-state index >= 15 is 0 Å². The molecule has 7 nitrogen and oxygen atoms in total. The van der Waals surface area contributed by atoms with Crippen molar-refractivity contribution in [3.05, 3.63) is 6.33 Å². The number of aromatic nitrogens is 3. The molecular weight excluding hydrogens is 152 g/mol. The summed E-state index contributed by atoms with van der Waals surface area (Å²) in [7, 11) is 0. The molecule has 0 aliphatic heterocycles. The number of hydrogen-bond donors (Lipinski definition) is 2. The maximum atomic E-state index is 10.3. The van der Waals surface area contributed by atoms with Crippen LogP contribution < -0.4 is 10.4 Å². The van der Waals surface area contributed by atoms with E-state index < -0.39 is 11.9 Å². The van der Waals surface area contributed by atoms with Gasteiger partial charge in [-0.15, -0.1) is 0 Å². The van der Waals surface area contributed by atoms with Crippen molar-refractivity contribution in [1.29, 1.82) is 0 Å². The molecule has 1 rings (SSSR count). The fourth-order valence-electron chi connectivity index (χ4n) is 0.424. The van der Waals surface area contributed by atoms with Gasteiger partial charge in [-0.2, -0.15) is 10.1 Å². The molecule has 0 saturated carbocycles. The van der Waals surface area contributed by atoms with Gasteiger partial charge in [0.05, 0.1) is 0 Å². The molecule has 0 unspecified atom stereocenters. The first-order valence-electron chi connectivity index (χ1n) is 2.58. The van der Waals surface area contributed by atoms with Crippen LogP contribution in [0.15, 0.2) is 6.33 Å². The summed E-state index contributed by atoms with van der Waals surface area (Å²) in [4.78, 5) is 23.6. The molecule has 0 spiro atoms. The number of carboxylic acids is 1. The third kappa shape index (κ3) is 1.75. The maximum Gasteiger partial charge on any atom is 0.273 e. The van der Waals surface area contributed by atoms with Gasteiger partial charge in [0.2, 0.25) is 5.95 Å². The van der Waals surface area contributed by atoms with Crippen LogP contribution in [0.3, 0.4) is 0 Å². The zero-order chi connectivity index (χ0) is 8.27. The van der Waals surface area contributed by atoms with Crippen molar-refractivity contribution < 1.29 is 14.7 Å². The van der Waals surface area contributed by atoms with Crippen molar-refractivity contribution in [2.45, 2.75) is 0 Å². The van der Waals surface area contributed by atoms with Gasteiger partial charge in [-0.3, -0.25) is 10.1 Å². The lowest BCUT2D eigenvalue weighted by molar-refractivity contribution is -0.299. The third-order valence-corrected chi connectivity index (χ3v) is 0.832. The first kappa shape index (κ1) is 7.19. The second kappa shape index (κ2) is 2.78. The predicted octanol–water partition coefficient (Wildman–Crippen LogP) is -2.51. The van der Waals surface area contributed by atoms with Gasteiger partial charge in [-0.05, 0) is 0 Å². The lowest BCUT2D eigenvalue weighted by Crippen LogP contribution is -2.36. The number of aromatic amines is 1. The molecule has 1 amide bonds. The van der Waals surface area contributed by atoms with Crippen molar-refractivity contribution in [2.75, 3.05) is 5.32 Å². The molecule has 0 fully saturated rings. The summed E-state index contributed by atoms with van der Waals surface area (Å²) in [6.07, 6.45) is 1.13. The minimum absolute atomic E-state index is 0.0285. The minimum atomic E-state index is -1.82. The molecule has 11 heavy (non-hydrogen) atoms. The molecule has 0 radical (unpaired) electrons. The Hall–Kier alpha value is -1.92. The zero-order valence-electron chi connectivity index (χ0n) is 5.20. The number of carbonyl (C=O) groups is 2. The van der Waals surface area contributed by atoms with Crippen LogP contribution in [0.1, 0.15) is 0 Å². The second-order valence-electron chi connectivity index (χ2n) is 1.58. The van der Waals surface area contributed by atoms with E-state index in [0.717, 1.165) is 6.33 Å². The number of amides is 1. The molecule has 0 aliphatic rings. The Labute approximate surface area is 60.4 Å². The zero-order valence-corrected chi connectivity index (χ0v) is 5.20. The van der Waals surface area contributed by atoms with Gasteiger partial charge < -0.3 is 9.90 Å². The molecule has 0 bridgehead atoms. The summed E-state index contributed by atoms with van der Waals surface area (Å²) in [5.74, 6) is -3.11. The number of aliphatic carboxylic acids is 1. The van der Waals surface area contributed by atoms with Gasteiger partial charge in [-0.1, -0.05) is 0 Å². The van der Waals surface area contributed by atoms with E-state index in [1.807, 2.05) is 5.32 Å². The molecule has 58 valence electrons. The van der Waals surface area contributed by atoms with E-state index in [9.17, 15) is 14.7 Å². The van der Waals surface area contributed by atoms with Crippen molar-refractivity contribution >= 4 is 17.8 Å². The average Bonchev–Trinajstić information content (AvgIpc) is 2.39. The van der Waals surface area contributed by atoms with E-state index in [0.29, 0.717) is 0 Å². The van der Waals surface area contributed by atoms with Crippen molar-refractivity contribution in [3.63, 3.8) is 0 Å². The van der Waals surface area contributed by atoms with Crippen LogP contribution in [0.25, 0.3) is 0 Å². The van der Waals surface area contributed by atoms with E-state index in [2.05, 4.69) is 15.2 Å². The topological polar surface area (TPSA) is 111 Å². The predicted molar refractivity (Wildman–Crippen MR) is 30.0 cm³/mol. The Bertz CT molecular complexity index is 267. The largest absolute Gasteiger partial charge is 0.540 e. The lowest BCUT2D eigenvalue weighted by Gasteiger charge is -1.99. The molecule has 1 heterocycles. The monoisotopic (exact) mass is 155 g/mol. The number of nitrogens with zero attached hydrogens (tertiary/aromatic N) is 2. The fourth-order valence-corrected chi connectivity index (χ4v) is 0.424. The van der Waals surface area contributed by atoms with Crippen LogP contribution in [-0.4, -0.2) is 27.1 Å². The highest BCUT2D eigenvalue weighted by molar-refractivity contribution is 6.35. The lowest BCUT2D eigenvalue weighted by atomic mass is 10.6. The number of carbonyl (C=O) groups excluding carboxylic acids is 2. The number of hydrogen-bond acceptors (Lipinski definition) is 5. The Morgan fingerprint density at radius 1 is 1.64 bits per heavy atom. The fraction of sp³-hybridized carbons (Fsp3) is 0. The van der Waals surface area contributed by atoms with Gasteiger partial charge in [-0.25, -0.2) is 5.10 Å². The van der Waals surface area contributed by atoms with Crippen LogP contribution in [0.2, 0.25) is 0 Å². The third-order valence-electron chi connectivity index (χ3n) is 0.832. The normalized spacial score (nSPS) is 9.09. The molecule has 7 heteroatoms. The number of rotatable bonds is 1. The van der Waals surface area contributed by atoms with Gasteiger partial charge in [0, 0.05) is 0 Å². The quantitative estimate of drug-likeness (QED) is 0.435. The molecule has 0 aromatic carbocycles. The Morgan fingerprint density at radius 2 is 2.36 bits per heavy atom. The van der Waals surface area contributed by atoms with E-state index in [-0.39, 0.29) is 5.95 Å². The first-order valence-corrected chi connectivity index (χ1v) is 2.58. The van der Waals surface area contributed by atoms with Crippen molar-refractivity contribution in [3.8, 4) is 0 Å². The molecular formula is C4H3N4O3-. The van der Waals surface area contributed by atoms with Crippen LogP contribution in [-0.2, 0) is 9.59 Å². The molecule has 0 aliphatic carbocycles. The highest BCUT2D eigenvalue weighted by Crippen LogP contribution is 1.90. The average molecular weight is 155 g/mol. The smallest absolute Gasteiger partial charge is 0.273 e. The van der Waals surface area contributed by atoms with Crippen LogP contribution in [0.4, 0.5) is 5.95 Å². The molecule has 0 saturated heterocycles. The number of anilines is 1. The summed E-state index contributed by atoms with van der Waals surface area (Å²) < 4.78 is 0. The second-order valence-corrected chi connectivity index (χ2v) is 1.58. The van der Waals surface area contributed by atoms with Gasteiger partial charge in [0.25, 0.3) is 5.91 Å². The molecule has 1 aromatic rings. The highest BCUT2D eigenvalue weighted by Gasteiger charge is 2.03. The molecule has 1 aromatic heterocycles. The van der Waals surface area contributed by atoms with E-state index in [4.69, 9.17) is 0 Å². The van der Waals surface area contributed by atoms with E-state index in [1.54, 1.807) is 0 Å². The van der Waals surface area contributed by atoms with E-state index in [1.165, 1.54) is 0 Å². The summed E-state index contributed by atoms with van der Waals surface area (Å²) >= 11 is 0. The Morgan fingerprint density at radius 3 is 2.82 bits per heavy atom. The van der Waals surface area contributed by atoms with Crippen LogP contribution in [0, 0.1) is 0 Å². The summed E-state index contributed by atoms with van der Waals surface area (Å²) in [6, 6.07) is 0. The van der Waals surface area contributed by atoms with Crippen LogP contribution >= 0.6 is 0 Å². The number of nitrogens with one attached hydrogen (secondary N) is 2.